The topological polar surface area (TPSA) is 22.1 Å². The molecule has 1 aromatic rings. The van der Waals surface area contributed by atoms with Crippen LogP contribution in [-0.4, -0.2) is 11.6 Å². The predicted molar refractivity (Wildman–Crippen MR) is 68.5 cm³/mol. The summed E-state index contributed by atoms with van der Waals surface area (Å²) in [5.41, 5.74) is 0. The van der Waals surface area contributed by atoms with Crippen molar-refractivity contribution in [2.24, 2.45) is 11.8 Å². The zero-order valence-electron chi connectivity index (χ0n) is 9.40. The second-order valence-electron chi connectivity index (χ2n) is 4.30. The summed E-state index contributed by atoms with van der Waals surface area (Å²) in [6, 6.07) is 1.90. The van der Waals surface area contributed by atoms with Crippen LogP contribution >= 0.6 is 15.9 Å². The molecule has 1 heterocycles. The average molecular weight is 282 g/mol. The molecule has 0 aliphatic heterocycles. The van der Waals surface area contributed by atoms with Crippen molar-refractivity contribution in [3.63, 3.8) is 0 Å². The van der Waals surface area contributed by atoms with Gasteiger partial charge < -0.3 is 4.74 Å². The van der Waals surface area contributed by atoms with Crippen molar-refractivity contribution in [3.8, 4) is 5.75 Å². The van der Waals surface area contributed by atoms with Crippen LogP contribution in [0.3, 0.4) is 0 Å². The molecule has 2 atom stereocenters. The number of allylic oxidation sites excluding steroid dienone is 2. The predicted octanol–water partition coefficient (Wildman–Crippen LogP) is 3.83. The van der Waals surface area contributed by atoms with Crippen LogP contribution in [0.5, 0.6) is 5.75 Å². The van der Waals surface area contributed by atoms with Gasteiger partial charge in [0.05, 0.1) is 11.1 Å². The van der Waals surface area contributed by atoms with E-state index in [1.165, 1.54) is 6.42 Å². The quantitative estimate of drug-likeness (QED) is 0.786. The van der Waals surface area contributed by atoms with Crippen LogP contribution in [0.25, 0.3) is 0 Å². The number of hydrogen-bond acceptors (Lipinski definition) is 2. The van der Waals surface area contributed by atoms with Crippen LogP contribution in [0.2, 0.25) is 0 Å². The smallest absolute Gasteiger partial charge is 0.136 e. The van der Waals surface area contributed by atoms with Gasteiger partial charge in [0, 0.05) is 12.4 Å². The number of rotatable bonds is 3. The lowest BCUT2D eigenvalue weighted by atomic mass is 9.85. The Morgan fingerprint density at radius 2 is 2.25 bits per heavy atom. The van der Waals surface area contributed by atoms with Crippen molar-refractivity contribution < 1.29 is 4.74 Å². The Labute approximate surface area is 105 Å². The summed E-state index contributed by atoms with van der Waals surface area (Å²) < 4.78 is 6.75. The molecule has 0 spiro atoms. The lowest BCUT2D eigenvalue weighted by Crippen LogP contribution is -2.21. The number of ether oxygens (including phenoxy) is 1. The molecule has 0 bridgehead atoms. The third-order valence-electron chi connectivity index (χ3n) is 3.11. The molecule has 0 N–H and O–H groups in total. The van der Waals surface area contributed by atoms with E-state index >= 15 is 0 Å². The van der Waals surface area contributed by atoms with Gasteiger partial charge in [0.25, 0.3) is 0 Å². The van der Waals surface area contributed by atoms with E-state index in [1.54, 1.807) is 12.4 Å². The van der Waals surface area contributed by atoms with Gasteiger partial charge in [0.2, 0.25) is 0 Å². The van der Waals surface area contributed by atoms with E-state index in [0.717, 1.165) is 23.2 Å². The Morgan fingerprint density at radius 1 is 1.44 bits per heavy atom. The number of halogens is 1. The second-order valence-corrected chi connectivity index (χ2v) is 5.15. The fourth-order valence-electron chi connectivity index (χ4n) is 1.92. The molecule has 2 rings (SSSR count). The number of nitrogens with zero attached hydrogens (tertiary/aromatic N) is 1. The van der Waals surface area contributed by atoms with Crippen molar-refractivity contribution in [1.82, 2.24) is 4.98 Å². The van der Waals surface area contributed by atoms with Crippen LogP contribution < -0.4 is 4.74 Å². The van der Waals surface area contributed by atoms with Crippen LogP contribution in [0, 0.1) is 11.8 Å². The molecule has 0 saturated carbocycles. The Balaban J connectivity index is 1.92. The minimum Gasteiger partial charge on any atom is -0.492 e. The normalized spacial score (nSPS) is 24.4. The van der Waals surface area contributed by atoms with Gasteiger partial charge in [-0.25, -0.2) is 0 Å². The molecule has 86 valence electrons. The molecule has 2 unspecified atom stereocenters. The van der Waals surface area contributed by atoms with Crippen LogP contribution in [0.4, 0.5) is 0 Å². The first-order valence-electron chi connectivity index (χ1n) is 5.64. The average Bonchev–Trinajstić information content (AvgIpc) is 2.30. The van der Waals surface area contributed by atoms with Gasteiger partial charge in [0.1, 0.15) is 5.75 Å². The van der Waals surface area contributed by atoms with Crippen molar-refractivity contribution in [3.05, 3.63) is 35.1 Å². The van der Waals surface area contributed by atoms with Crippen molar-refractivity contribution in [1.29, 1.82) is 0 Å². The maximum atomic E-state index is 5.83. The van der Waals surface area contributed by atoms with E-state index in [2.05, 4.69) is 40.0 Å². The fraction of sp³-hybridized carbons (Fsp3) is 0.462. The summed E-state index contributed by atoms with van der Waals surface area (Å²) >= 11 is 3.43. The first-order valence-corrected chi connectivity index (χ1v) is 6.44. The molecule has 0 aromatic carbocycles. The highest BCUT2D eigenvalue weighted by atomic mass is 79.9. The number of pyridine rings is 1. The van der Waals surface area contributed by atoms with Crippen molar-refractivity contribution in [2.45, 2.75) is 19.8 Å². The molecule has 3 heteroatoms. The van der Waals surface area contributed by atoms with Crippen LogP contribution in [0.15, 0.2) is 35.1 Å². The first kappa shape index (κ1) is 11.6. The van der Waals surface area contributed by atoms with Crippen molar-refractivity contribution in [2.75, 3.05) is 6.61 Å². The summed E-state index contributed by atoms with van der Waals surface area (Å²) in [7, 11) is 0. The van der Waals surface area contributed by atoms with Crippen LogP contribution in [0.1, 0.15) is 19.8 Å². The Bertz CT molecular complexity index is 378. The maximum absolute atomic E-state index is 5.83. The van der Waals surface area contributed by atoms with E-state index in [-0.39, 0.29) is 0 Å². The summed E-state index contributed by atoms with van der Waals surface area (Å²) in [5, 5.41) is 0. The SMILES string of the molecule is CC1CC=CCC1COc1ccncc1Br. The highest BCUT2D eigenvalue weighted by Gasteiger charge is 2.19. The van der Waals surface area contributed by atoms with Gasteiger partial charge in [0.15, 0.2) is 0 Å². The largest absolute Gasteiger partial charge is 0.492 e. The van der Waals surface area contributed by atoms with Gasteiger partial charge in [-0.3, -0.25) is 4.98 Å². The van der Waals surface area contributed by atoms with Gasteiger partial charge in [-0.2, -0.15) is 0 Å². The Kier molecular flexibility index (Phi) is 3.99. The molecule has 1 aliphatic carbocycles. The van der Waals surface area contributed by atoms with Gasteiger partial charge >= 0.3 is 0 Å². The van der Waals surface area contributed by atoms with E-state index in [4.69, 9.17) is 4.74 Å². The molecule has 16 heavy (non-hydrogen) atoms. The zero-order chi connectivity index (χ0) is 11.4. The second kappa shape index (κ2) is 5.48. The summed E-state index contributed by atoms with van der Waals surface area (Å²) in [5.74, 6) is 2.23. The molecule has 0 fully saturated rings. The molecule has 0 amide bonds. The van der Waals surface area contributed by atoms with Gasteiger partial charge in [-0.1, -0.05) is 19.1 Å². The lowest BCUT2D eigenvalue weighted by molar-refractivity contribution is 0.197. The van der Waals surface area contributed by atoms with E-state index in [9.17, 15) is 0 Å². The fourth-order valence-corrected chi connectivity index (χ4v) is 2.28. The maximum Gasteiger partial charge on any atom is 0.136 e. The monoisotopic (exact) mass is 281 g/mol. The first-order chi connectivity index (χ1) is 7.77. The third-order valence-corrected chi connectivity index (χ3v) is 3.70. The summed E-state index contributed by atoms with van der Waals surface area (Å²) in [6.45, 7) is 3.08. The summed E-state index contributed by atoms with van der Waals surface area (Å²) in [4.78, 5) is 4.02. The molecular formula is C13H16BrNO. The van der Waals surface area contributed by atoms with E-state index in [1.807, 2.05) is 6.07 Å². The minimum absolute atomic E-state index is 0.630. The van der Waals surface area contributed by atoms with Crippen LogP contribution in [-0.2, 0) is 0 Å². The minimum atomic E-state index is 0.630. The third kappa shape index (κ3) is 2.85. The van der Waals surface area contributed by atoms with Crippen molar-refractivity contribution >= 4 is 15.9 Å². The molecule has 1 aliphatic rings. The molecule has 0 saturated heterocycles. The van der Waals surface area contributed by atoms with E-state index < -0.39 is 0 Å². The number of aromatic nitrogens is 1. The van der Waals surface area contributed by atoms with E-state index in [0.29, 0.717) is 11.8 Å². The Hall–Kier alpha value is -0.830. The number of hydrogen-bond donors (Lipinski definition) is 0. The highest BCUT2D eigenvalue weighted by molar-refractivity contribution is 9.10. The van der Waals surface area contributed by atoms with Gasteiger partial charge in [-0.05, 0) is 46.7 Å². The molecule has 0 radical (unpaired) electrons. The molecule has 2 nitrogen and oxygen atoms in total. The zero-order valence-corrected chi connectivity index (χ0v) is 11.0. The highest BCUT2D eigenvalue weighted by Crippen LogP contribution is 2.28. The molecular weight excluding hydrogens is 266 g/mol. The Morgan fingerprint density at radius 3 is 3.00 bits per heavy atom. The summed E-state index contributed by atoms with van der Waals surface area (Å²) in [6.07, 6.45) is 10.3. The standard InChI is InChI=1S/C13H16BrNO/c1-10-4-2-3-5-11(10)9-16-13-6-7-15-8-12(13)14/h2-3,6-8,10-11H,4-5,9H2,1H3. The molecule has 1 aromatic heterocycles. The lowest BCUT2D eigenvalue weighted by Gasteiger charge is -2.25. The van der Waals surface area contributed by atoms with Gasteiger partial charge in [-0.15, -0.1) is 0 Å².